The first-order chi connectivity index (χ1) is 9.06. The Kier molecular flexibility index (Phi) is 4.10. The Balaban J connectivity index is 1.96. The minimum absolute atomic E-state index is 0.928. The van der Waals surface area contributed by atoms with Crippen LogP contribution in [0, 0.1) is 0 Å². The Morgan fingerprint density at radius 3 is 2.79 bits per heavy atom. The first-order valence-corrected chi connectivity index (χ1v) is 6.69. The number of rotatable bonds is 6. The number of hydrogen-bond donors (Lipinski definition) is 2. The van der Waals surface area contributed by atoms with Gasteiger partial charge in [-0.25, -0.2) is 0 Å². The van der Waals surface area contributed by atoms with Gasteiger partial charge in [-0.05, 0) is 49.1 Å². The molecule has 0 unspecified atom stereocenters. The third kappa shape index (κ3) is 3.50. The standard InChI is InChI=1S/C17H22N2/c1-12(2)18-9-8-15-6-5-7-16(11-15)19-17-10-13(3)14(17)4/h5-7,11,18-19H,1,3,8-10H2,2,4H3. The average Bonchev–Trinajstić information content (AvgIpc) is 2.38. The molecule has 0 heterocycles. The van der Waals surface area contributed by atoms with Crippen LogP contribution in [-0.4, -0.2) is 6.54 Å². The highest BCUT2D eigenvalue weighted by atomic mass is 14.9. The van der Waals surface area contributed by atoms with E-state index in [-0.39, 0.29) is 0 Å². The Morgan fingerprint density at radius 1 is 1.37 bits per heavy atom. The van der Waals surface area contributed by atoms with Crippen LogP contribution in [0.15, 0.2) is 60.0 Å². The van der Waals surface area contributed by atoms with Gasteiger partial charge in [0.15, 0.2) is 0 Å². The SMILES string of the molecule is C=C(C)NCCc1cccc(NC2=C(C)C(=C)C2)c1. The minimum Gasteiger partial charge on any atom is -0.389 e. The second kappa shape index (κ2) is 5.79. The molecule has 2 heteroatoms. The van der Waals surface area contributed by atoms with Crippen LogP contribution in [0.1, 0.15) is 25.8 Å². The Bertz CT molecular complexity index is 538. The van der Waals surface area contributed by atoms with E-state index in [0.717, 1.165) is 30.8 Å². The quantitative estimate of drug-likeness (QED) is 0.802. The van der Waals surface area contributed by atoms with Gasteiger partial charge in [0.2, 0.25) is 0 Å². The van der Waals surface area contributed by atoms with Crippen molar-refractivity contribution in [2.75, 3.05) is 11.9 Å². The molecule has 0 saturated heterocycles. The van der Waals surface area contributed by atoms with E-state index < -0.39 is 0 Å². The fraction of sp³-hybridized carbons (Fsp3) is 0.294. The fourth-order valence-electron chi connectivity index (χ4n) is 2.12. The largest absolute Gasteiger partial charge is 0.389 e. The zero-order chi connectivity index (χ0) is 13.8. The third-order valence-corrected chi connectivity index (χ3v) is 3.44. The molecule has 0 bridgehead atoms. The maximum absolute atomic E-state index is 3.99. The van der Waals surface area contributed by atoms with E-state index in [2.05, 4.69) is 55.0 Å². The lowest BCUT2D eigenvalue weighted by atomic mass is 9.90. The number of hydrogen-bond acceptors (Lipinski definition) is 2. The molecule has 0 aliphatic heterocycles. The van der Waals surface area contributed by atoms with Crippen molar-refractivity contribution in [3.63, 3.8) is 0 Å². The predicted octanol–water partition coefficient (Wildman–Crippen LogP) is 4.00. The third-order valence-electron chi connectivity index (χ3n) is 3.44. The predicted molar refractivity (Wildman–Crippen MR) is 83.0 cm³/mol. The fourth-order valence-corrected chi connectivity index (χ4v) is 2.12. The zero-order valence-electron chi connectivity index (χ0n) is 11.8. The first-order valence-electron chi connectivity index (χ1n) is 6.69. The van der Waals surface area contributed by atoms with Crippen LogP contribution in [0.5, 0.6) is 0 Å². The summed E-state index contributed by atoms with van der Waals surface area (Å²) in [6.45, 7) is 12.9. The Hall–Kier alpha value is -1.96. The van der Waals surface area contributed by atoms with E-state index in [1.165, 1.54) is 22.4 Å². The van der Waals surface area contributed by atoms with Crippen molar-refractivity contribution in [2.45, 2.75) is 26.7 Å². The molecule has 0 amide bonds. The van der Waals surface area contributed by atoms with E-state index in [1.54, 1.807) is 0 Å². The molecule has 0 aromatic heterocycles. The summed E-state index contributed by atoms with van der Waals surface area (Å²) in [6.07, 6.45) is 1.99. The highest BCUT2D eigenvalue weighted by molar-refractivity contribution is 5.58. The summed E-state index contributed by atoms with van der Waals surface area (Å²) in [6, 6.07) is 8.58. The van der Waals surface area contributed by atoms with Gasteiger partial charge in [-0.3, -0.25) is 0 Å². The highest BCUT2D eigenvalue weighted by Crippen LogP contribution is 2.32. The summed E-state index contributed by atoms with van der Waals surface area (Å²) in [7, 11) is 0. The van der Waals surface area contributed by atoms with Crippen LogP contribution in [0.25, 0.3) is 0 Å². The van der Waals surface area contributed by atoms with Crippen LogP contribution < -0.4 is 10.6 Å². The molecule has 19 heavy (non-hydrogen) atoms. The lowest BCUT2D eigenvalue weighted by Gasteiger charge is -2.25. The lowest BCUT2D eigenvalue weighted by Crippen LogP contribution is -2.14. The molecule has 0 radical (unpaired) electrons. The summed E-state index contributed by atoms with van der Waals surface area (Å²) in [4.78, 5) is 0. The average molecular weight is 254 g/mol. The molecule has 1 aliphatic carbocycles. The van der Waals surface area contributed by atoms with E-state index in [0.29, 0.717) is 0 Å². The van der Waals surface area contributed by atoms with E-state index >= 15 is 0 Å². The second-order valence-corrected chi connectivity index (χ2v) is 5.17. The summed E-state index contributed by atoms with van der Waals surface area (Å²) in [5, 5.41) is 6.73. The van der Waals surface area contributed by atoms with E-state index in [9.17, 15) is 0 Å². The highest BCUT2D eigenvalue weighted by Gasteiger charge is 2.17. The van der Waals surface area contributed by atoms with Gasteiger partial charge in [0.1, 0.15) is 0 Å². The smallest absolute Gasteiger partial charge is 0.0384 e. The normalized spacial score (nSPS) is 14.1. The molecule has 2 nitrogen and oxygen atoms in total. The van der Waals surface area contributed by atoms with Crippen molar-refractivity contribution < 1.29 is 0 Å². The molecule has 1 aromatic carbocycles. The van der Waals surface area contributed by atoms with Crippen LogP contribution in [-0.2, 0) is 6.42 Å². The molecule has 0 atom stereocenters. The van der Waals surface area contributed by atoms with E-state index in [1.807, 2.05) is 6.92 Å². The van der Waals surface area contributed by atoms with Gasteiger partial charge in [0, 0.05) is 30.0 Å². The first kappa shape index (κ1) is 13.5. The molecule has 1 aliphatic rings. The van der Waals surface area contributed by atoms with Crippen LogP contribution in [0.3, 0.4) is 0 Å². The van der Waals surface area contributed by atoms with Crippen molar-refractivity contribution in [1.29, 1.82) is 0 Å². The van der Waals surface area contributed by atoms with Crippen molar-refractivity contribution in [3.05, 3.63) is 65.5 Å². The summed E-state index contributed by atoms with van der Waals surface area (Å²) >= 11 is 0. The monoisotopic (exact) mass is 254 g/mol. The minimum atomic E-state index is 0.928. The molecular weight excluding hydrogens is 232 g/mol. The van der Waals surface area contributed by atoms with Gasteiger partial charge in [-0.2, -0.15) is 0 Å². The number of allylic oxidation sites excluding steroid dienone is 3. The zero-order valence-corrected chi connectivity index (χ0v) is 11.8. The van der Waals surface area contributed by atoms with Crippen molar-refractivity contribution in [2.24, 2.45) is 0 Å². The van der Waals surface area contributed by atoms with Gasteiger partial charge in [0.25, 0.3) is 0 Å². The number of anilines is 1. The van der Waals surface area contributed by atoms with Crippen LogP contribution in [0.2, 0.25) is 0 Å². The Labute approximate surface area is 115 Å². The molecular formula is C17H22N2. The molecule has 2 rings (SSSR count). The number of benzene rings is 1. The molecule has 100 valence electrons. The molecule has 1 aromatic rings. The van der Waals surface area contributed by atoms with E-state index in [4.69, 9.17) is 0 Å². The maximum Gasteiger partial charge on any atom is 0.0384 e. The van der Waals surface area contributed by atoms with Gasteiger partial charge in [0.05, 0.1) is 0 Å². The van der Waals surface area contributed by atoms with Gasteiger partial charge in [-0.1, -0.05) is 25.3 Å². The van der Waals surface area contributed by atoms with Crippen LogP contribution >= 0.6 is 0 Å². The van der Waals surface area contributed by atoms with Crippen molar-refractivity contribution in [1.82, 2.24) is 5.32 Å². The lowest BCUT2D eigenvalue weighted by molar-refractivity contribution is 0.791. The van der Waals surface area contributed by atoms with Gasteiger partial charge >= 0.3 is 0 Å². The maximum atomic E-state index is 3.99. The van der Waals surface area contributed by atoms with Gasteiger partial charge in [-0.15, -0.1) is 0 Å². The molecule has 2 N–H and O–H groups in total. The van der Waals surface area contributed by atoms with Crippen molar-refractivity contribution >= 4 is 5.69 Å². The summed E-state index contributed by atoms with van der Waals surface area (Å²) in [5.41, 5.74) is 7.34. The second-order valence-electron chi connectivity index (χ2n) is 5.17. The molecule has 0 spiro atoms. The van der Waals surface area contributed by atoms with Crippen LogP contribution in [0.4, 0.5) is 5.69 Å². The topological polar surface area (TPSA) is 24.1 Å². The van der Waals surface area contributed by atoms with Crippen molar-refractivity contribution in [3.8, 4) is 0 Å². The summed E-state index contributed by atoms with van der Waals surface area (Å²) < 4.78 is 0. The summed E-state index contributed by atoms with van der Waals surface area (Å²) in [5.74, 6) is 0. The Morgan fingerprint density at radius 2 is 2.16 bits per heavy atom. The number of nitrogens with one attached hydrogen (secondary N) is 2. The van der Waals surface area contributed by atoms with Gasteiger partial charge < -0.3 is 10.6 Å². The molecule has 0 fully saturated rings. The molecule has 0 saturated carbocycles.